The number of nitrogens with zero attached hydrogens (tertiary/aromatic N) is 6. The summed E-state index contributed by atoms with van der Waals surface area (Å²) in [4.78, 5) is 26.9. The molecule has 0 spiro atoms. The highest BCUT2D eigenvalue weighted by Crippen LogP contribution is 2.38. The molecule has 6 rings (SSSR count). The Bertz CT molecular complexity index is 1400. The Morgan fingerprint density at radius 1 is 1.18 bits per heavy atom. The van der Waals surface area contributed by atoms with Crippen LogP contribution in [-0.2, 0) is 17.7 Å². The fraction of sp³-hybridized carbons (Fsp3) is 0.577. The predicted octanol–water partition coefficient (Wildman–Crippen LogP) is 2.04. The lowest BCUT2D eigenvalue weighted by molar-refractivity contribution is -0.384. The molecule has 1 saturated heterocycles. The Kier molecular flexibility index (Phi) is 6.41. The first kappa shape index (κ1) is 25.9. The highest BCUT2D eigenvalue weighted by Gasteiger charge is 2.44. The number of benzene rings is 1. The molecule has 2 fully saturated rings. The molecular weight excluding hydrogens is 506 g/mol. The Morgan fingerprint density at radius 2 is 1.95 bits per heavy atom. The van der Waals surface area contributed by atoms with Crippen LogP contribution in [0.5, 0.6) is 0 Å². The van der Waals surface area contributed by atoms with Crippen LogP contribution in [0.1, 0.15) is 56.9 Å². The van der Waals surface area contributed by atoms with Crippen LogP contribution in [0.2, 0.25) is 0 Å². The van der Waals surface area contributed by atoms with Crippen LogP contribution in [0.25, 0.3) is 11.2 Å². The third-order valence-electron chi connectivity index (χ3n) is 8.30. The van der Waals surface area contributed by atoms with Crippen molar-refractivity contribution in [3.05, 3.63) is 45.8 Å². The predicted molar refractivity (Wildman–Crippen MR) is 141 cm³/mol. The number of non-ortho nitro benzene ring substituents is 1. The minimum atomic E-state index is -1.19. The number of nitrogens with one attached hydrogen (secondary N) is 1. The van der Waals surface area contributed by atoms with E-state index in [4.69, 9.17) is 9.72 Å². The van der Waals surface area contributed by atoms with E-state index in [2.05, 4.69) is 15.3 Å². The molecule has 1 aliphatic carbocycles. The number of hydrogen-bond donors (Lipinski definition) is 4. The van der Waals surface area contributed by atoms with E-state index in [-0.39, 0.29) is 11.7 Å². The highest BCUT2D eigenvalue weighted by molar-refractivity contribution is 5.86. The molecule has 13 heteroatoms. The van der Waals surface area contributed by atoms with Gasteiger partial charge < -0.3 is 30.3 Å². The van der Waals surface area contributed by atoms with Gasteiger partial charge in [0.25, 0.3) is 5.69 Å². The molecule has 13 nitrogen and oxygen atoms in total. The SMILES string of the molecule is C[C@H]1O[C@@H](n2c(NC3CCC(C)(O)CC3)nc3c(N4CCc5ccc([N+](=O)[O-])cc5C4)ncnc32)[C@H](O)[C@@H]1O. The van der Waals surface area contributed by atoms with E-state index in [0.29, 0.717) is 55.3 Å². The van der Waals surface area contributed by atoms with Crippen LogP contribution in [-0.4, -0.2) is 76.3 Å². The zero-order valence-electron chi connectivity index (χ0n) is 21.9. The second-order valence-corrected chi connectivity index (χ2v) is 11.2. The van der Waals surface area contributed by atoms with E-state index in [9.17, 15) is 25.4 Å². The fourth-order valence-corrected chi connectivity index (χ4v) is 5.92. The molecule has 4 heterocycles. The van der Waals surface area contributed by atoms with E-state index < -0.39 is 35.1 Å². The van der Waals surface area contributed by atoms with Gasteiger partial charge in [-0.25, -0.2) is 15.0 Å². The molecule has 2 aromatic heterocycles. The number of nitro benzene ring substituents is 1. The van der Waals surface area contributed by atoms with Crippen LogP contribution in [0, 0.1) is 10.1 Å². The van der Waals surface area contributed by atoms with E-state index in [1.165, 1.54) is 12.4 Å². The molecule has 2 aliphatic heterocycles. The number of hydrogen-bond acceptors (Lipinski definition) is 11. The number of aliphatic hydroxyl groups is 3. The summed E-state index contributed by atoms with van der Waals surface area (Å²) in [5.41, 5.74) is 2.23. The molecule has 3 aromatic rings. The van der Waals surface area contributed by atoms with E-state index in [1.54, 1.807) is 17.6 Å². The molecule has 0 unspecified atom stereocenters. The lowest BCUT2D eigenvalue weighted by Gasteiger charge is -2.34. The third kappa shape index (κ3) is 4.69. The Balaban J connectivity index is 1.39. The van der Waals surface area contributed by atoms with Crippen molar-refractivity contribution in [2.45, 2.75) is 88.7 Å². The van der Waals surface area contributed by atoms with Gasteiger partial charge in [0.05, 0.1) is 16.6 Å². The zero-order valence-corrected chi connectivity index (χ0v) is 21.9. The minimum Gasteiger partial charge on any atom is -0.390 e. The van der Waals surface area contributed by atoms with Gasteiger partial charge in [-0.3, -0.25) is 14.7 Å². The van der Waals surface area contributed by atoms with Gasteiger partial charge in [0, 0.05) is 31.3 Å². The number of imidazole rings is 1. The number of nitro groups is 1. The summed E-state index contributed by atoms with van der Waals surface area (Å²) in [6, 6.07) is 4.99. The summed E-state index contributed by atoms with van der Waals surface area (Å²) in [5.74, 6) is 1.02. The monoisotopic (exact) mass is 539 g/mol. The quantitative estimate of drug-likeness (QED) is 0.276. The number of aromatic nitrogens is 4. The summed E-state index contributed by atoms with van der Waals surface area (Å²) in [7, 11) is 0. The lowest BCUT2D eigenvalue weighted by Crippen LogP contribution is -2.37. The van der Waals surface area contributed by atoms with Crippen molar-refractivity contribution in [2.75, 3.05) is 16.8 Å². The molecule has 0 bridgehead atoms. The first-order chi connectivity index (χ1) is 18.6. The number of ether oxygens (including phenoxy) is 1. The molecule has 39 heavy (non-hydrogen) atoms. The van der Waals surface area contributed by atoms with Crippen LogP contribution in [0.4, 0.5) is 17.5 Å². The number of anilines is 2. The molecule has 4 atom stereocenters. The van der Waals surface area contributed by atoms with Gasteiger partial charge in [-0.15, -0.1) is 0 Å². The Hall–Kier alpha value is -3.39. The second-order valence-electron chi connectivity index (χ2n) is 11.2. The van der Waals surface area contributed by atoms with Crippen molar-refractivity contribution in [3.63, 3.8) is 0 Å². The Morgan fingerprint density at radius 3 is 2.64 bits per heavy atom. The van der Waals surface area contributed by atoms with E-state index in [0.717, 1.165) is 24.0 Å². The standard InChI is InChI=1S/C26H33N7O6/c1-14-20(34)21(35)24(39-14)32-23-19(30-25(32)29-17-5-8-26(2,36)9-6-17)22(27-13-28-23)31-10-7-15-3-4-18(33(37)38)11-16(15)12-31/h3-4,11,13-14,17,20-21,24,34-36H,5-10,12H2,1-2H3,(H,29,30)/t14-,17?,20-,21-,24-,26?/m1/s1. The first-order valence-electron chi connectivity index (χ1n) is 13.4. The lowest BCUT2D eigenvalue weighted by atomic mass is 9.84. The molecule has 1 saturated carbocycles. The summed E-state index contributed by atoms with van der Waals surface area (Å²) < 4.78 is 7.66. The van der Waals surface area contributed by atoms with E-state index >= 15 is 0 Å². The summed E-state index contributed by atoms with van der Waals surface area (Å²) in [6.45, 7) is 4.61. The maximum Gasteiger partial charge on any atom is 0.269 e. The summed E-state index contributed by atoms with van der Waals surface area (Å²) >= 11 is 0. The van der Waals surface area contributed by atoms with Gasteiger partial charge in [-0.1, -0.05) is 6.07 Å². The van der Waals surface area contributed by atoms with Crippen molar-refractivity contribution >= 4 is 28.6 Å². The second kappa shape index (κ2) is 9.66. The molecule has 3 aliphatic rings. The average Bonchev–Trinajstić information content (AvgIpc) is 3.40. The number of rotatable bonds is 5. The topological polar surface area (TPSA) is 172 Å². The normalized spacial score (nSPS) is 30.9. The summed E-state index contributed by atoms with van der Waals surface area (Å²) in [5, 5.41) is 46.5. The summed E-state index contributed by atoms with van der Waals surface area (Å²) in [6.07, 6.45) is 1.14. The molecule has 0 amide bonds. The van der Waals surface area contributed by atoms with Gasteiger partial charge in [0.15, 0.2) is 23.2 Å². The van der Waals surface area contributed by atoms with Crippen LogP contribution < -0.4 is 10.2 Å². The van der Waals surface area contributed by atoms with Gasteiger partial charge in [-0.2, -0.15) is 0 Å². The maximum atomic E-state index is 11.3. The largest absolute Gasteiger partial charge is 0.390 e. The highest BCUT2D eigenvalue weighted by atomic mass is 16.6. The van der Waals surface area contributed by atoms with Crippen molar-refractivity contribution in [1.29, 1.82) is 0 Å². The van der Waals surface area contributed by atoms with Crippen molar-refractivity contribution in [1.82, 2.24) is 19.5 Å². The minimum absolute atomic E-state index is 0.0421. The Labute approximate surface area is 224 Å². The van der Waals surface area contributed by atoms with Gasteiger partial charge >= 0.3 is 0 Å². The first-order valence-corrected chi connectivity index (χ1v) is 13.4. The van der Waals surface area contributed by atoms with Crippen LogP contribution in [0.3, 0.4) is 0 Å². The number of aliphatic hydroxyl groups excluding tert-OH is 2. The van der Waals surface area contributed by atoms with Gasteiger partial charge in [0.2, 0.25) is 5.95 Å². The smallest absolute Gasteiger partial charge is 0.269 e. The molecular formula is C26H33N7O6. The van der Waals surface area contributed by atoms with Crippen molar-refractivity contribution < 1.29 is 25.0 Å². The average molecular weight is 540 g/mol. The van der Waals surface area contributed by atoms with Crippen molar-refractivity contribution in [3.8, 4) is 0 Å². The third-order valence-corrected chi connectivity index (χ3v) is 8.30. The van der Waals surface area contributed by atoms with Gasteiger partial charge in [0.1, 0.15) is 18.5 Å². The van der Waals surface area contributed by atoms with E-state index in [1.807, 2.05) is 17.9 Å². The van der Waals surface area contributed by atoms with Gasteiger partial charge in [-0.05, 0) is 57.1 Å². The molecule has 4 N–H and O–H groups in total. The molecule has 208 valence electrons. The number of fused-ring (bicyclic) bond motifs is 2. The maximum absolute atomic E-state index is 11.3. The van der Waals surface area contributed by atoms with Crippen LogP contribution >= 0.6 is 0 Å². The zero-order chi connectivity index (χ0) is 27.5. The fourth-order valence-electron chi connectivity index (χ4n) is 5.92. The molecule has 0 radical (unpaired) electrons. The molecule has 1 aromatic carbocycles. The van der Waals surface area contributed by atoms with Crippen LogP contribution in [0.15, 0.2) is 24.5 Å². The van der Waals surface area contributed by atoms with Crippen molar-refractivity contribution in [2.24, 2.45) is 0 Å².